The minimum absolute atomic E-state index is 0.251. The fourth-order valence-electron chi connectivity index (χ4n) is 2.06. The normalized spacial score (nSPS) is 10.5. The van der Waals surface area contributed by atoms with Gasteiger partial charge in [-0.1, -0.05) is 18.2 Å². The van der Waals surface area contributed by atoms with Gasteiger partial charge in [0.2, 0.25) is 0 Å². The second kappa shape index (κ2) is 5.80. The predicted molar refractivity (Wildman–Crippen MR) is 70.8 cm³/mol. The molecule has 2 rings (SSSR count). The molecule has 19 heavy (non-hydrogen) atoms. The Balaban J connectivity index is 2.25. The Bertz CT molecular complexity index is 572. The topological polar surface area (TPSA) is 23.5 Å². The van der Waals surface area contributed by atoms with Gasteiger partial charge in [-0.15, -0.1) is 0 Å². The zero-order valence-electron chi connectivity index (χ0n) is 10.6. The summed E-state index contributed by atoms with van der Waals surface area (Å²) >= 11 is 0. The molecule has 0 aromatic heterocycles. The van der Waals surface area contributed by atoms with Crippen molar-refractivity contribution in [1.82, 2.24) is 0 Å². The molecular weight excluding hydrogens is 248 g/mol. The minimum atomic E-state index is -0.439. The minimum Gasteiger partial charge on any atom is -0.391 e. The number of aliphatic hydroxyl groups is 1. The third-order valence-corrected chi connectivity index (χ3v) is 2.97. The van der Waals surface area contributed by atoms with Crippen LogP contribution < -0.4 is 4.90 Å². The van der Waals surface area contributed by atoms with Gasteiger partial charge in [-0.2, -0.15) is 0 Å². The SMILES string of the molecule is CN(Cc1cccc(F)c1)c1cccc(F)c1CO. The van der Waals surface area contributed by atoms with Gasteiger partial charge in [0.15, 0.2) is 0 Å². The van der Waals surface area contributed by atoms with Gasteiger partial charge in [0, 0.05) is 24.8 Å². The van der Waals surface area contributed by atoms with Gasteiger partial charge in [0.05, 0.1) is 6.61 Å². The molecule has 0 spiro atoms. The van der Waals surface area contributed by atoms with Gasteiger partial charge in [-0.25, -0.2) is 8.78 Å². The number of nitrogens with zero attached hydrogens (tertiary/aromatic N) is 1. The molecule has 2 aromatic carbocycles. The standard InChI is InChI=1S/C15H15F2NO/c1-18(9-11-4-2-5-12(16)8-11)15-7-3-6-14(17)13(15)10-19/h2-8,19H,9-10H2,1H3. The van der Waals surface area contributed by atoms with Gasteiger partial charge in [0.25, 0.3) is 0 Å². The molecule has 2 aromatic rings. The van der Waals surface area contributed by atoms with Crippen molar-refractivity contribution in [2.45, 2.75) is 13.2 Å². The zero-order chi connectivity index (χ0) is 13.8. The molecule has 0 aliphatic heterocycles. The maximum Gasteiger partial charge on any atom is 0.130 e. The Labute approximate surface area is 110 Å². The van der Waals surface area contributed by atoms with Gasteiger partial charge in [0.1, 0.15) is 11.6 Å². The van der Waals surface area contributed by atoms with Crippen molar-refractivity contribution in [3.8, 4) is 0 Å². The number of hydrogen-bond acceptors (Lipinski definition) is 2. The van der Waals surface area contributed by atoms with Crippen molar-refractivity contribution in [2.75, 3.05) is 11.9 Å². The van der Waals surface area contributed by atoms with Crippen LogP contribution in [0.25, 0.3) is 0 Å². The fraction of sp³-hybridized carbons (Fsp3) is 0.200. The first kappa shape index (κ1) is 13.5. The lowest BCUT2D eigenvalue weighted by Crippen LogP contribution is -2.18. The van der Waals surface area contributed by atoms with Crippen LogP contribution >= 0.6 is 0 Å². The van der Waals surface area contributed by atoms with Crippen molar-refractivity contribution in [3.63, 3.8) is 0 Å². The molecule has 100 valence electrons. The van der Waals surface area contributed by atoms with E-state index in [0.29, 0.717) is 12.2 Å². The summed E-state index contributed by atoms with van der Waals surface area (Å²) in [6.07, 6.45) is 0. The highest BCUT2D eigenvalue weighted by Gasteiger charge is 2.11. The number of rotatable bonds is 4. The highest BCUT2D eigenvalue weighted by atomic mass is 19.1. The molecule has 0 saturated heterocycles. The van der Waals surface area contributed by atoms with E-state index in [4.69, 9.17) is 0 Å². The molecule has 0 heterocycles. The molecule has 1 N–H and O–H groups in total. The van der Waals surface area contributed by atoms with E-state index in [1.54, 1.807) is 36.2 Å². The summed E-state index contributed by atoms with van der Waals surface area (Å²) < 4.78 is 26.7. The van der Waals surface area contributed by atoms with E-state index in [0.717, 1.165) is 5.56 Å². The first-order chi connectivity index (χ1) is 9.11. The van der Waals surface area contributed by atoms with E-state index in [9.17, 15) is 13.9 Å². The van der Waals surface area contributed by atoms with Crippen LogP contribution in [-0.2, 0) is 13.2 Å². The van der Waals surface area contributed by atoms with E-state index >= 15 is 0 Å². The lowest BCUT2D eigenvalue weighted by Gasteiger charge is -2.22. The zero-order valence-corrected chi connectivity index (χ0v) is 10.6. The second-order valence-corrected chi connectivity index (χ2v) is 4.38. The molecule has 0 bridgehead atoms. The molecule has 2 nitrogen and oxygen atoms in total. The summed E-state index contributed by atoms with van der Waals surface area (Å²) in [5, 5.41) is 9.23. The Morgan fingerprint density at radius 3 is 2.53 bits per heavy atom. The molecule has 0 unspecified atom stereocenters. The summed E-state index contributed by atoms with van der Waals surface area (Å²) in [6, 6.07) is 10.9. The molecule has 0 aliphatic carbocycles. The molecule has 0 saturated carbocycles. The van der Waals surface area contributed by atoms with Crippen molar-refractivity contribution in [2.24, 2.45) is 0 Å². The third kappa shape index (κ3) is 3.09. The number of hydrogen-bond donors (Lipinski definition) is 1. The quantitative estimate of drug-likeness (QED) is 0.916. The lowest BCUT2D eigenvalue weighted by atomic mass is 10.1. The lowest BCUT2D eigenvalue weighted by molar-refractivity contribution is 0.276. The van der Waals surface area contributed by atoms with Crippen molar-refractivity contribution in [1.29, 1.82) is 0 Å². The first-order valence-electron chi connectivity index (χ1n) is 5.95. The van der Waals surface area contributed by atoms with E-state index in [1.165, 1.54) is 18.2 Å². The molecule has 0 atom stereocenters. The molecule has 0 aliphatic rings. The van der Waals surface area contributed by atoms with Gasteiger partial charge < -0.3 is 10.0 Å². The number of benzene rings is 2. The maximum atomic E-state index is 13.6. The van der Waals surface area contributed by atoms with Crippen LogP contribution in [-0.4, -0.2) is 12.2 Å². The molecular formula is C15H15F2NO. The monoisotopic (exact) mass is 263 g/mol. The Morgan fingerprint density at radius 2 is 1.84 bits per heavy atom. The van der Waals surface area contributed by atoms with Crippen LogP contribution in [0.2, 0.25) is 0 Å². The summed E-state index contributed by atoms with van der Waals surface area (Å²) in [6.45, 7) is 0.0731. The van der Waals surface area contributed by atoms with Crippen molar-refractivity contribution >= 4 is 5.69 Å². The van der Waals surface area contributed by atoms with E-state index in [-0.39, 0.29) is 18.0 Å². The summed E-state index contributed by atoms with van der Waals surface area (Å²) in [7, 11) is 1.78. The largest absolute Gasteiger partial charge is 0.391 e. The summed E-state index contributed by atoms with van der Waals surface area (Å²) in [5.74, 6) is -0.737. The van der Waals surface area contributed by atoms with Crippen molar-refractivity contribution in [3.05, 3.63) is 65.2 Å². The van der Waals surface area contributed by atoms with Gasteiger partial charge in [-0.05, 0) is 29.8 Å². The smallest absolute Gasteiger partial charge is 0.130 e. The van der Waals surface area contributed by atoms with Crippen LogP contribution in [0.3, 0.4) is 0 Å². The predicted octanol–water partition coefficient (Wildman–Crippen LogP) is 3.09. The second-order valence-electron chi connectivity index (χ2n) is 4.38. The van der Waals surface area contributed by atoms with Crippen LogP contribution in [0.15, 0.2) is 42.5 Å². The molecule has 0 radical (unpaired) electrons. The van der Waals surface area contributed by atoms with Gasteiger partial charge >= 0.3 is 0 Å². The van der Waals surface area contributed by atoms with Crippen LogP contribution in [0, 0.1) is 11.6 Å². The van der Waals surface area contributed by atoms with Gasteiger partial charge in [-0.3, -0.25) is 0 Å². The van der Waals surface area contributed by atoms with Crippen LogP contribution in [0.4, 0.5) is 14.5 Å². The highest BCUT2D eigenvalue weighted by Crippen LogP contribution is 2.23. The molecule has 0 fully saturated rings. The number of anilines is 1. The Kier molecular flexibility index (Phi) is 4.12. The number of halogens is 2. The van der Waals surface area contributed by atoms with E-state index in [1.807, 2.05) is 0 Å². The average molecular weight is 263 g/mol. The first-order valence-corrected chi connectivity index (χ1v) is 5.95. The van der Waals surface area contributed by atoms with E-state index in [2.05, 4.69) is 0 Å². The summed E-state index contributed by atoms with van der Waals surface area (Å²) in [4.78, 5) is 1.78. The van der Waals surface area contributed by atoms with Crippen LogP contribution in [0.1, 0.15) is 11.1 Å². The van der Waals surface area contributed by atoms with E-state index < -0.39 is 5.82 Å². The molecule has 4 heteroatoms. The molecule has 0 amide bonds. The van der Waals surface area contributed by atoms with Crippen LogP contribution in [0.5, 0.6) is 0 Å². The Morgan fingerprint density at radius 1 is 1.11 bits per heavy atom. The fourth-order valence-corrected chi connectivity index (χ4v) is 2.06. The summed E-state index contributed by atoms with van der Waals surface area (Å²) in [5.41, 5.74) is 1.64. The van der Waals surface area contributed by atoms with Crippen molar-refractivity contribution < 1.29 is 13.9 Å². The Hall–Kier alpha value is -1.94. The average Bonchev–Trinajstić information content (AvgIpc) is 2.38. The maximum absolute atomic E-state index is 13.6. The number of aliphatic hydroxyl groups excluding tert-OH is 1. The highest BCUT2D eigenvalue weighted by molar-refractivity contribution is 5.53. The third-order valence-electron chi connectivity index (χ3n) is 2.97.